The molecular formula is C20H25NO2. The van der Waals surface area contributed by atoms with Crippen molar-refractivity contribution in [2.45, 2.75) is 58.6 Å². The molecule has 122 valence electrons. The molecule has 0 unspecified atom stereocenters. The van der Waals surface area contributed by atoms with Crippen LogP contribution in [-0.2, 0) is 16.0 Å². The number of aliphatic imine (C=N–C) groups is 1. The summed E-state index contributed by atoms with van der Waals surface area (Å²) in [7, 11) is 0. The van der Waals surface area contributed by atoms with E-state index in [-0.39, 0.29) is 22.9 Å². The van der Waals surface area contributed by atoms with E-state index in [0.717, 1.165) is 24.1 Å². The summed E-state index contributed by atoms with van der Waals surface area (Å²) in [5, 5.41) is 0. The van der Waals surface area contributed by atoms with Gasteiger partial charge in [-0.2, -0.15) is 0 Å². The number of hydrogen-bond donors (Lipinski definition) is 0. The van der Waals surface area contributed by atoms with E-state index in [1.165, 1.54) is 0 Å². The van der Waals surface area contributed by atoms with Crippen LogP contribution in [0.5, 0.6) is 0 Å². The molecule has 0 amide bonds. The number of rotatable bonds is 2. The van der Waals surface area contributed by atoms with Gasteiger partial charge >= 0.3 is 5.97 Å². The number of nitrogens with zero attached hydrogens (tertiary/aromatic N) is 1. The average molecular weight is 311 g/mol. The lowest BCUT2D eigenvalue weighted by molar-refractivity contribution is -0.160. The molecule has 23 heavy (non-hydrogen) atoms. The summed E-state index contributed by atoms with van der Waals surface area (Å²) in [6.45, 7) is 8.82. The van der Waals surface area contributed by atoms with Crippen LogP contribution in [-0.4, -0.2) is 23.3 Å². The van der Waals surface area contributed by atoms with Crippen LogP contribution in [0.3, 0.4) is 0 Å². The van der Waals surface area contributed by atoms with E-state index < -0.39 is 5.54 Å². The fourth-order valence-electron chi connectivity index (χ4n) is 5.02. The normalized spacial score (nSPS) is 40.5. The third-order valence-electron chi connectivity index (χ3n) is 6.93. The van der Waals surface area contributed by atoms with E-state index in [1.54, 1.807) is 0 Å². The Labute approximate surface area is 138 Å². The van der Waals surface area contributed by atoms with Gasteiger partial charge in [0.15, 0.2) is 5.54 Å². The molecule has 2 bridgehead atoms. The number of esters is 1. The largest absolute Gasteiger partial charge is 0.454 e. The molecule has 3 nitrogen and oxygen atoms in total. The first-order valence-electron chi connectivity index (χ1n) is 8.63. The van der Waals surface area contributed by atoms with Gasteiger partial charge in [-0.05, 0) is 30.7 Å². The van der Waals surface area contributed by atoms with Crippen LogP contribution in [0.4, 0.5) is 0 Å². The van der Waals surface area contributed by atoms with Crippen LogP contribution in [0.2, 0.25) is 0 Å². The number of benzene rings is 1. The SMILES string of the molecule is CC1(C)[C@@H]2CC[C@@]1(C)[C@@H]1OC(=O)[C@](C)(Cc3ccccc3)N=C21. The van der Waals surface area contributed by atoms with Crippen LogP contribution in [0.15, 0.2) is 35.3 Å². The van der Waals surface area contributed by atoms with Crippen molar-refractivity contribution in [2.24, 2.45) is 21.7 Å². The fraction of sp³-hybridized carbons (Fsp3) is 0.600. The van der Waals surface area contributed by atoms with Gasteiger partial charge in [0.1, 0.15) is 6.10 Å². The van der Waals surface area contributed by atoms with Gasteiger partial charge in [0.2, 0.25) is 0 Å². The van der Waals surface area contributed by atoms with E-state index >= 15 is 0 Å². The summed E-state index contributed by atoms with van der Waals surface area (Å²) < 4.78 is 6.00. The van der Waals surface area contributed by atoms with Gasteiger partial charge in [-0.3, -0.25) is 4.99 Å². The van der Waals surface area contributed by atoms with E-state index in [0.29, 0.717) is 12.3 Å². The fourth-order valence-corrected chi connectivity index (χ4v) is 5.02. The molecule has 3 aliphatic rings. The Kier molecular flexibility index (Phi) is 2.89. The lowest BCUT2D eigenvalue weighted by Gasteiger charge is -2.41. The zero-order chi connectivity index (χ0) is 16.5. The second-order valence-electron chi connectivity index (χ2n) is 8.49. The van der Waals surface area contributed by atoms with Crippen molar-refractivity contribution in [3.8, 4) is 0 Å². The van der Waals surface area contributed by atoms with Gasteiger partial charge in [-0.25, -0.2) is 4.79 Å². The van der Waals surface area contributed by atoms with Crippen molar-refractivity contribution in [3.63, 3.8) is 0 Å². The zero-order valence-electron chi connectivity index (χ0n) is 14.4. The molecule has 1 aromatic rings. The maximum atomic E-state index is 12.8. The second-order valence-corrected chi connectivity index (χ2v) is 8.49. The van der Waals surface area contributed by atoms with Gasteiger partial charge in [0.05, 0.1) is 5.71 Å². The summed E-state index contributed by atoms with van der Waals surface area (Å²) >= 11 is 0. The Morgan fingerprint density at radius 3 is 2.57 bits per heavy atom. The first-order chi connectivity index (χ1) is 10.8. The monoisotopic (exact) mass is 311 g/mol. The first kappa shape index (κ1) is 14.9. The van der Waals surface area contributed by atoms with E-state index in [4.69, 9.17) is 9.73 Å². The Hall–Kier alpha value is -1.64. The molecule has 4 rings (SSSR count). The van der Waals surface area contributed by atoms with Crippen molar-refractivity contribution >= 4 is 11.7 Å². The highest BCUT2D eigenvalue weighted by atomic mass is 16.6. The topological polar surface area (TPSA) is 38.7 Å². The predicted octanol–water partition coefficient (Wildman–Crippen LogP) is 3.81. The average Bonchev–Trinajstić information content (AvgIpc) is 2.81. The Morgan fingerprint density at radius 2 is 1.87 bits per heavy atom. The summed E-state index contributed by atoms with van der Waals surface area (Å²) in [6.07, 6.45) is 2.77. The van der Waals surface area contributed by atoms with E-state index in [9.17, 15) is 4.79 Å². The molecule has 0 saturated heterocycles. The van der Waals surface area contributed by atoms with Crippen LogP contribution in [0.25, 0.3) is 0 Å². The van der Waals surface area contributed by atoms with Crippen LogP contribution < -0.4 is 0 Å². The van der Waals surface area contributed by atoms with Crippen molar-refractivity contribution in [3.05, 3.63) is 35.9 Å². The minimum atomic E-state index is -0.788. The highest BCUT2D eigenvalue weighted by Crippen LogP contribution is 2.66. The lowest BCUT2D eigenvalue weighted by Crippen LogP contribution is -2.51. The van der Waals surface area contributed by atoms with Crippen LogP contribution >= 0.6 is 0 Å². The molecule has 2 aliphatic carbocycles. The van der Waals surface area contributed by atoms with Gasteiger partial charge in [0, 0.05) is 17.8 Å². The third kappa shape index (κ3) is 1.82. The number of fused-ring (bicyclic) bond motifs is 5. The predicted molar refractivity (Wildman–Crippen MR) is 90.5 cm³/mol. The number of carbonyl (C=O) groups excluding carboxylic acids is 1. The van der Waals surface area contributed by atoms with Crippen LogP contribution in [0, 0.1) is 16.7 Å². The molecule has 3 heteroatoms. The molecule has 0 spiro atoms. The van der Waals surface area contributed by atoms with Gasteiger partial charge in [-0.1, -0.05) is 51.1 Å². The van der Waals surface area contributed by atoms with Crippen molar-refractivity contribution in [1.82, 2.24) is 0 Å². The summed E-state index contributed by atoms with van der Waals surface area (Å²) in [5.41, 5.74) is 1.66. The third-order valence-corrected chi connectivity index (χ3v) is 6.93. The summed E-state index contributed by atoms with van der Waals surface area (Å²) in [6, 6.07) is 10.1. The molecule has 4 atom stereocenters. The maximum absolute atomic E-state index is 12.8. The van der Waals surface area contributed by atoms with Crippen molar-refractivity contribution < 1.29 is 9.53 Å². The van der Waals surface area contributed by atoms with Crippen molar-refractivity contribution in [1.29, 1.82) is 0 Å². The number of hydrogen-bond acceptors (Lipinski definition) is 3. The molecule has 1 aliphatic heterocycles. The molecule has 1 heterocycles. The molecule has 2 saturated carbocycles. The molecule has 0 N–H and O–H groups in total. The summed E-state index contributed by atoms with van der Waals surface area (Å²) in [5.74, 6) is 0.278. The van der Waals surface area contributed by atoms with Gasteiger partial charge in [0.25, 0.3) is 0 Å². The minimum Gasteiger partial charge on any atom is -0.454 e. The van der Waals surface area contributed by atoms with E-state index in [1.807, 2.05) is 25.1 Å². The molecule has 0 aromatic heterocycles. The standard InChI is InChI=1S/C20H25NO2/c1-18(2)14-10-11-19(18,3)16-15(14)21-20(4,17(22)23-16)12-13-8-6-5-7-9-13/h5-9,14,16H,10-12H2,1-4H3/t14-,16-,19+,20+/m1/s1. The molecule has 0 radical (unpaired) electrons. The quantitative estimate of drug-likeness (QED) is 0.779. The van der Waals surface area contributed by atoms with Crippen LogP contribution in [0.1, 0.15) is 46.1 Å². The minimum absolute atomic E-state index is 0.0280. The smallest absolute Gasteiger partial charge is 0.334 e. The second kappa shape index (κ2) is 4.46. The molecular weight excluding hydrogens is 286 g/mol. The Bertz CT molecular complexity index is 693. The highest BCUT2D eigenvalue weighted by Gasteiger charge is 2.68. The highest BCUT2D eigenvalue weighted by molar-refractivity contribution is 6.02. The van der Waals surface area contributed by atoms with Crippen molar-refractivity contribution in [2.75, 3.05) is 0 Å². The van der Waals surface area contributed by atoms with Gasteiger partial charge in [-0.15, -0.1) is 0 Å². The number of ether oxygens (including phenoxy) is 1. The zero-order valence-corrected chi connectivity index (χ0v) is 14.4. The molecule has 1 aromatic carbocycles. The maximum Gasteiger partial charge on any atom is 0.334 e. The Morgan fingerprint density at radius 1 is 1.17 bits per heavy atom. The molecule has 2 fully saturated rings. The lowest BCUT2D eigenvalue weighted by atomic mass is 9.70. The first-order valence-corrected chi connectivity index (χ1v) is 8.63. The summed E-state index contributed by atoms with van der Waals surface area (Å²) in [4.78, 5) is 17.8. The number of carbonyl (C=O) groups is 1. The Balaban J connectivity index is 1.74. The van der Waals surface area contributed by atoms with Gasteiger partial charge < -0.3 is 4.74 Å². The van der Waals surface area contributed by atoms with E-state index in [2.05, 4.69) is 32.9 Å².